The number of hydrogen-bond donors (Lipinski definition) is 0. The Morgan fingerprint density at radius 1 is 1.35 bits per heavy atom. The molecular formula is C15H21ClN2O2. The van der Waals surface area contributed by atoms with Crippen molar-refractivity contribution in [3.8, 4) is 0 Å². The molecule has 0 saturated heterocycles. The van der Waals surface area contributed by atoms with E-state index in [1.165, 1.54) is 19.3 Å². The summed E-state index contributed by atoms with van der Waals surface area (Å²) in [5.74, 6) is 0.382. The lowest BCUT2D eigenvalue weighted by atomic mass is 9.92. The average Bonchev–Trinajstić information content (AvgIpc) is 2.58. The molecule has 1 heterocycles. The summed E-state index contributed by atoms with van der Waals surface area (Å²) < 4.78 is 0. The molecule has 0 bridgehead atoms. The van der Waals surface area contributed by atoms with Crippen LogP contribution in [-0.4, -0.2) is 15.3 Å². The van der Waals surface area contributed by atoms with Crippen molar-refractivity contribution in [2.24, 2.45) is 5.92 Å². The van der Waals surface area contributed by atoms with Crippen LogP contribution in [0.15, 0.2) is 6.20 Å². The smallest absolute Gasteiger partial charge is 0.260 e. The standard InChI is InChI=1S/C15H21ClN2O2/c1-10-9-17-14(11(2)15(10)18(19)20)8-12-6-4-3-5-7-13(12)16/h9,12-13H,3-8H2,1-2H3. The van der Waals surface area contributed by atoms with Crippen LogP contribution in [0, 0.1) is 29.9 Å². The molecule has 2 atom stereocenters. The van der Waals surface area contributed by atoms with Gasteiger partial charge in [-0.1, -0.05) is 19.3 Å². The lowest BCUT2D eigenvalue weighted by Gasteiger charge is -2.20. The number of aryl methyl sites for hydroxylation is 1. The normalized spacial score (nSPS) is 23.4. The summed E-state index contributed by atoms with van der Waals surface area (Å²) in [5, 5.41) is 11.3. The first-order chi connectivity index (χ1) is 9.50. The Morgan fingerprint density at radius 2 is 2.05 bits per heavy atom. The van der Waals surface area contributed by atoms with Gasteiger partial charge in [-0.25, -0.2) is 0 Å². The van der Waals surface area contributed by atoms with E-state index in [-0.39, 0.29) is 16.0 Å². The summed E-state index contributed by atoms with van der Waals surface area (Å²) >= 11 is 6.46. The highest BCUT2D eigenvalue weighted by Crippen LogP contribution is 2.32. The summed E-state index contributed by atoms with van der Waals surface area (Å²) in [6, 6.07) is 0. The molecule has 0 N–H and O–H groups in total. The average molecular weight is 297 g/mol. The van der Waals surface area contributed by atoms with E-state index in [2.05, 4.69) is 4.98 Å². The van der Waals surface area contributed by atoms with Gasteiger partial charge in [0, 0.05) is 22.7 Å². The molecule has 1 saturated carbocycles. The molecule has 110 valence electrons. The number of hydrogen-bond acceptors (Lipinski definition) is 3. The van der Waals surface area contributed by atoms with Crippen LogP contribution in [0.5, 0.6) is 0 Å². The van der Waals surface area contributed by atoms with Crippen molar-refractivity contribution in [1.82, 2.24) is 4.98 Å². The van der Waals surface area contributed by atoms with Gasteiger partial charge in [0.15, 0.2) is 0 Å². The van der Waals surface area contributed by atoms with E-state index in [0.29, 0.717) is 17.0 Å². The van der Waals surface area contributed by atoms with E-state index in [9.17, 15) is 10.1 Å². The van der Waals surface area contributed by atoms with Crippen LogP contribution >= 0.6 is 11.6 Å². The van der Waals surface area contributed by atoms with Gasteiger partial charge in [-0.05, 0) is 39.0 Å². The lowest BCUT2D eigenvalue weighted by Crippen LogP contribution is -2.17. The van der Waals surface area contributed by atoms with E-state index in [4.69, 9.17) is 11.6 Å². The molecule has 1 aliphatic carbocycles. The maximum atomic E-state index is 11.2. The molecule has 1 aromatic heterocycles. The molecule has 2 unspecified atom stereocenters. The van der Waals surface area contributed by atoms with Gasteiger partial charge >= 0.3 is 0 Å². The molecule has 0 radical (unpaired) electrons. The molecule has 1 aromatic rings. The molecule has 1 aliphatic rings. The Kier molecular flexibility index (Phi) is 4.97. The zero-order valence-electron chi connectivity index (χ0n) is 12.1. The van der Waals surface area contributed by atoms with Gasteiger partial charge < -0.3 is 0 Å². The number of alkyl halides is 1. The molecule has 4 nitrogen and oxygen atoms in total. The lowest BCUT2D eigenvalue weighted by molar-refractivity contribution is -0.386. The van der Waals surface area contributed by atoms with Crippen LogP contribution in [0.2, 0.25) is 0 Å². The van der Waals surface area contributed by atoms with E-state index >= 15 is 0 Å². The Labute approximate surface area is 124 Å². The molecule has 0 aliphatic heterocycles. The predicted octanol–water partition coefficient (Wildman–Crippen LogP) is 4.34. The maximum Gasteiger partial charge on any atom is 0.278 e. The summed E-state index contributed by atoms with van der Waals surface area (Å²) in [7, 11) is 0. The van der Waals surface area contributed by atoms with Gasteiger partial charge in [-0.3, -0.25) is 15.1 Å². The third-order valence-electron chi connectivity index (χ3n) is 4.28. The second-order valence-corrected chi connectivity index (χ2v) is 6.30. The van der Waals surface area contributed by atoms with Crippen LogP contribution in [0.25, 0.3) is 0 Å². The summed E-state index contributed by atoms with van der Waals surface area (Å²) in [6.45, 7) is 3.53. The van der Waals surface area contributed by atoms with E-state index in [1.807, 2.05) is 0 Å². The number of rotatable bonds is 3. The largest absolute Gasteiger partial charge is 0.278 e. The fourth-order valence-electron chi connectivity index (χ4n) is 3.07. The van der Waals surface area contributed by atoms with Gasteiger partial charge in [0.2, 0.25) is 0 Å². The number of nitro groups is 1. The number of aromatic nitrogens is 1. The van der Waals surface area contributed by atoms with E-state index in [0.717, 1.165) is 25.0 Å². The zero-order valence-corrected chi connectivity index (χ0v) is 12.8. The minimum atomic E-state index is -0.304. The van der Waals surface area contributed by atoms with Gasteiger partial charge in [-0.2, -0.15) is 0 Å². The molecule has 0 spiro atoms. The Balaban J connectivity index is 2.25. The highest BCUT2D eigenvalue weighted by Gasteiger charge is 2.25. The van der Waals surface area contributed by atoms with E-state index in [1.54, 1.807) is 20.0 Å². The van der Waals surface area contributed by atoms with Crippen LogP contribution in [0.1, 0.15) is 48.9 Å². The number of pyridine rings is 1. The second kappa shape index (κ2) is 6.53. The van der Waals surface area contributed by atoms with Gasteiger partial charge in [0.05, 0.1) is 10.6 Å². The van der Waals surface area contributed by atoms with Gasteiger partial charge in [0.1, 0.15) is 0 Å². The van der Waals surface area contributed by atoms with Crippen LogP contribution < -0.4 is 0 Å². The first kappa shape index (κ1) is 15.2. The first-order valence-electron chi connectivity index (χ1n) is 7.24. The monoisotopic (exact) mass is 296 g/mol. The third-order valence-corrected chi connectivity index (χ3v) is 4.85. The maximum absolute atomic E-state index is 11.2. The van der Waals surface area contributed by atoms with Crippen molar-refractivity contribution in [2.45, 2.75) is 57.7 Å². The molecule has 1 fully saturated rings. The van der Waals surface area contributed by atoms with Crippen molar-refractivity contribution < 1.29 is 4.92 Å². The minimum Gasteiger partial charge on any atom is -0.260 e. The summed E-state index contributed by atoms with van der Waals surface area (Å²) in [4.78, 5) is 15.3. The highest BCUT2D eigenvalue weighted by molar-refractivity contribution is 6.20. The second-order valence-electron chi connectivity index (χ2n) is 5.74. The molecular weight excluding hydrogens is 276 g/mol. The van der Waals surface area contributed by atoms with Crippen molar-refractivity contribution in [1.29, 1.82) is 0 Å². The molecule has 0 aromatic carbocycles. The van der Waals surface area contributed by atoms with Crippen molar-refractivity contribution in [3.05, 3.63) is 33.1 Å². The van der Waals surface area contributed by atoms with Crippen molar-refractivity contribution >= 4 is 17.3 Å². The number of halogens is 1. The molecule has 0 amide bonds. The summed E-state index contributed by atoms with van der Waals surface area (Å²) in [5.41, 5.74) is 2.36. The minimum absolute atomic E-state index is 0.166. The Morgan fingerprint density at radius 3 is 2.75 bits per heavy atom. The molecule has 5 heteroatoms. The Hall–Kier alpha value is -1.16. The fourth-order valence-corrected chi connectivity index (χ4v) is 3.44. The summed E-state index contributed by atoms with van der Waals surface area (Å²) in [6.07, 6.45) is 8.11. The topological polar surface area (TPSA) is 56.0 Å². The van der Waals surface area contributed by atoms with Gasteiger partial charge in [-0.15, -0.1) is 11.6 Å². The van der Waals surface area contributed by atoms with Crippen LogP contribution in [-0.2, 0) is 6.42 Å². The Bertz CT molecular complexity index is 505. The zero-order chi connectivity index (χ0) is 14.7. The SMILES string of the molecule is Cc1cnc(CC2CCCCCC2Cl)c(C)c1[N+](=O)[O-]. The van der Waals surface area contributed by atoms with Crippen molar-refractivity contribution in [2.75, 3.05) is 0 Å². The number of nitrogens with zero attached hydrogens (tertiary/aromatic N) is 2. The third kappa shape index (κ3) is 3.29. The van der Waals surface area contributed by atoms with Crippen LogP contribution in [0.4, 0.5) is 5.69 Å². The van der Waals surface area contributed by atoms with Crippen LogP contribution in [0.3, 0.4) is 0 Å². The van der Waals surface area contributed by atoms with Crippen molar-refractivity contribution in [3.63, 3.8) is 0 Å². The highest BCUT2D eigenvalue weighted by atomic mass is 35.5. The molecule has 20 heavy (non-hydrogen) atoms. The first-order valence-corrected chi connectivity index (χ1v) is 7.68. The quantitative estimate of drug-likeness (QED) is 0.361. The fraction of sp³-hybridized carbons (Fsp3) is 0.667. The van der Waals surface area contributed by atoms with E-state index < -0.39 is 0 Å². The predicted molar refractivity (Wildman–Crippen MR) is 80.3 cm³/mol. The van der Waals surface area contributed by atoms with Gasteiger partial charge in [0.25, 0.3) is 5.69 Å². The molecule has 2 rings (SSSR count).